The largest absolute Gasteiger partial charge is 0.462 e. The van der Waals surface area contributed by atoms with E-state index >= 15 is 0 Å². The van der Waals surface area contributed by atoms with E-state index in [1.54, 1.807) is 17.9 Å². The van der Waals surface area contributed by atoms with Crippen LogP contribution in [0.25, 0.3) is 0 Å². The fourth-order valence-electron chi connectivity index (χ4n) is 4.43. The minimum atomic E-state index is -0.378. The number of nitrogens with zero attached hydrogens (tertiary/aromatic N) is 4. The molecule has 1 aromatic carbocycles. The Hall–Kier alpha value is -3.42. The lowest BCUT2D eigenvalue weighted by molar-refractivity contribution is -0.135. The summed E-state index contributed by atoms with van der Waals surface area (Å²) in [6, 6.07) is 13.4. The van der Waals surface area contributed by atoms with Crippen LogP contribution in [0.1, 0.15) is 35.7 Å². The quantitative estimate of drug-likeness (QED) is 0.629. The van der Waals surface area contributed by atoms with Gasteiger partial charge in [0.25, 0.3) is 0 Å². The fraction of sp³-hybridized carbons (Fsp3) is 0.440. The smallest absolute Gasteiger partial charge is 0.339 e. The summed E-state index contributed by atoms with van der Waals surface area (Å²) < 4.78 is 5.01. The molecule has 8 nitrogen and oxygen atoms in total. The van der Waals surface area contributed by atoms with E-state index in [1.165, 1.54) is 6.20 Å². The minimum absolute atomic E-state index is 0.0412. The average Bonchev–Trinajstić information content (AvgIpc) is 3.04. The van der Waals surface area contributed by atoms with E-state index < -0.39 is 0 Å². The van der Waals surface area contributed by atoms with Gasteiger partial charge in [0.2, 0.25) is 11.8 Å². The summed E-state index contributed by atoms with van der Waals surface area (Å²) in [4.78, 5) is 47.7. The molecule has 0 spiro atoms. The third-order valence-electron chi connectivity index (χ3n) is 6.17. The first-order valence-electron chi connectivity index (χ1n) is 11.5. The first kappa shape index (κ1) is 22.8. The van der Waals surface area contributed by atoms with Crippen molar-refractivity contribution in [3.05, 3.63) is 59.8 Å². The maximum absolute atomic E-state index is 13.2. The SMILES string of the molecule is CCOC(=O)c1ccc(N2CCCN(C(=O)C3CC(=O)N(Cc4ccccc4)C3)CC2)nc1. The second-order valence-electron chi connectivity index (χ2n) is 8.45. The van der Waals surface area contributed by atoms with Crippen LogP contribution in [0, 0.1) is 5.92 Å². The zero-order valence-corrected chi connectivity index (χ0v) is 19.0. The summed E-state index contributed by atoms with van der Waals surface area (Å²) in [6.07, 6.45) is 2.64. The number of amides is 2. The highest BCUT2D eigenvalue weighted by Gasteiger charge is 2.36. The van der Waals surface area contributed by atoms with Crippen LogP contribution in [-0.2, 0) is 20.9 Å². The maximum atomic E-state index is 13.2. The van der Waals surface area contributed by atoms with E-state index in [1.807, 2.05) is 41.3 Å². The third-order valence-corrected chi connectivity index (χ3v) is 6.17. The van der Waals surface area contributed by atoms with Gasteiger partial charge in [-0.15, -0.1) is 0 Å². The molecule has 2 saturated heterocycles. The Labute approximate surface area is 194 Å². The van der Waals surface area contributed by atoms with Crippen LogP contribution in [-0.4, -0.2) is 71.9 Å². The number of carbonyl (C=O) groups is 3. The second-order valence-corrected chi connectivity index (χ2v) is 8.45. The van der Waals surface area contributed by atoms with Crippen LogP contribution in [0.5, 0.6) is 0 Å². The van der Waals surface area contributed by atoms with Gasteiger partial charge >= 0.3 is 5.97 Å². The molecule has 0 saturated carbocycles. The number of carbonyl (C=O) groups excluding carboxylic acids is 3. The summed E-state index contributed by atoms with van der Waals surface area (Å²) >= 11 is 0. The summed E-state index contributed by atoms with van der Waals surface area (Å²) in [7, 11) is 0. The van der Waals surface area contributed by atoms with Crippen molar-refractivity contribution < 1.29 is 19.1 Å². The molecule has 174 valence electrons. The van der Waals surface area contributed by atoms with Gasteiger partial charge in [0.1, 0.15) is 5.82 Å². The van der Waals surface area contributed by atoms with E-state index in [4.69, 9.17) is 4.74 Å². The molecule has 2 fully saturated rings. The predicted molar refractivity (Wildman–Crippen MR) is 124 cm³/mol. The number of aromatic nitrogens is 1. The lowest BCUT2D eigenvalue weighted by atomic mass is 10.1. The summed E-state index contributed by atoms with van der Waals surface area (Å²) in [6.45, 7) is 5.81. The van der Waals surface area contributed by atoms with Gasteiger partial charge in [-0.05, 0) is 31.0 Å². The molecular weight excluding hydrogens is 420 g/mol. The lowest BCUT2D eigenvalue weighted by Gasteiger charge is -2.25. The van der Waals surface area contributed by atoms with Gasteiger partial charge in [-0.2, -0.15) is 0 Å². The Kier molecular flexibility index (Phi) is 7.22. The number of pyridine rings is 1. The van der Waals surface area contributed by atoms with Gasteiger partial charge in [-0.25, -0.2) is 9.78 Å². The number of hydrogen-bond donors (Lipinski definition) is 0. The molecule has 8 heteroatoms. The van der Waals surface area contributed by atoms with Crippen molar-refractivity contribution >= 4 is 23.6 Å². The lowest BCUT2D eigenvalue weighted by Crippen LogP contribution is -2.40. The van der Waals surface area contributed by atoms with Crippen LogP contribution in [0.15, 0.2) is 48.7 Å². The zero-order chi connectivity index (χ0) is 23.2. The molecule has 4 rings (SSSR count). The number of likely N-dealkylation sites (tertiary alicyclic amines) is 1. The van der Waals surface area contributed by atoms with E-state index in [9.17, 15) is 14.4 Å². The molecule has 0 aliphatic carbocycles. The van der Waals surface area contributed by atoms with E-state index in [0.29, 0.717) is 44.9 Å². The van der Waals surface area contributed by atoms with E-state index in [-0.39, 0.29) is 30.1 Å². The highest BCUT2D eigenvalue weighted by molar-refractivity contribution is 5.90. The number of esters is 1. The van der Waals surface area contributed by atoms with Crippen LogP contribution >= 0.6 is 0 Å². The molecule has 0 N–H and O–H groups in total. The van der Waals surface area contributed by atoms with Crippen LogP contribution in [0.2, 0.25) is 0 Å². The molecule has 0 radical (unpaired) electrons. The second kappa shape index (κ2) is 10.5. The Balaban J connectivity index is 1.32. The monoisotopic (exact) mass is 450 g/mol. The van der Waals surface area contributed by atoms with Gasteiger partial charge in [0.15, 0.2) is 0 Å². The van der Waals surface area contributed by atoms with E-state index in [0.717, 1.165) is 24.3 Å². The van der Waals surface area contributed by atoms with Gasteiger partial charge in [-0.1, -0.05) is 30.3 Å². The normalized spacial score (nSPS) is 18.9. The van der Waals surface area contributed by atoms with Crippen molar-refractivity contribution in [3.63, 3.8) is 0 Å². The molecule has 1 atom stereocenters. The standard InChI is InChI=1S/C25H30N4O4/c1-2-33-25(32)20-9-10-22(26-16-20)27-11-6-12-28(14-13-27)24(31)21-15-23(30)29(18-21)17-19-7-4-3-5-8-19/h3-5,7-10,16,21H,2,6,11-15,17-18H2,1H3. The van der Waals surface area contributed by atoms with Crippen LogP contribution in [0.4, 0.5) is 5.82 Å². The number of benzene rings is 1. The van der Waals surface area contributed by atoms with Gasteiger partial charge in [0, 0.05) is 51.9 Å². The average molecular weight is 451 g/mol. The number of rotatable bonds is 6. The Bertz CT molecular complexity index is 980. The molecule has 1 aromatic heterocycles. The van der Waals surface area contributed by atoms with Gasteiger partial charge < -0.3 is 19.4 Å². The molecule has 33 heavy (non-hydrogen) atoms. The van der Waals surface area contributed by atoms with Crippen molar-refractivity contribution in [2.24, 2.45) is 5.92 Å². The molecule has 2 aliphatic heterocycles. The van der Waals surface area contributed by atoms with Crippen molar-refractivity contribution in [3.8, 4) is 0 Å². The van der Waals surface area contributed by atoms with Crippen molar-refractivity contribution in [1.29, 1.82) is 0 Å². The van der Waals surface area contributed by atoms with Crippen LogP contribution < -0.4 is 4.90 Å². The number of ether oxygens (including phenoxy) is 1. The topological polar surface area (TPSA) is 83.0 Å². The minimum Gasteiger partial charge on any atom is -0.462 e. The number of hydrogen-bond acceptors (Lipinski definition) is 6. The van der Waals surface area contributed by atoms with Crippen molar-refractivity contribution in [2.45, 2.75) is 26.3 Å². The Morgan fingerprint density at radius 2 is 1.88 bits per heavy atom. The molecular formula is C25H30N4O4. The Morgan fingerprint density at radius 3 is 2.61 bits per heavy atom. The first-order valence-corrected chi connectivity index (χ1v) is 11.5. The maximum Gasteiger partial charge on any atom is 0.339 e. The Morgan fingerprint density at radius 1 is 1.06 bits per heavy atom. The predicted octanol–water partition coefficient (Wildman–Crippen LogP) is 2.35. The highest BCUT2D eigenvalue weighted by Crippen LogP contribution is 2.23. The molecule has 3 heterocycles. The molecule has 0 bridgehead atoms. The summed E-state index contributed by atoms with van der Waals surface area (Å²) in [5, 5.41) is 0. The van der Waals surface area contributed by atoms with Gasteiger partial charge in [0.05, 0.1) is 18.1 Å². The first-order chi connectivity index (χ1) is 16.0. The summed E-state index contributed by atoms with van der Waals surface area (Å²) in [5.41, 5.74) is 1.50. The van der Waals surface area contributed by atoms with Gasteiger partial charge in [-0.3, -0.25) is 9.59 Å². The molecule has 1 unspecified atom stereocenters. The highest BCUT2D eigenvalue weighted by atomic mass is 16.5. The molecule has 2 aromatic rings. The molecule has 2 aliphatic rings. The van der Waals surface area contributed by atoms with Crippen molar-refractivity contribution in [1.82, 2.24) is 14.8 Å². The van der Waals surface area contributed by atoms with E-state index in [2.05, 4.69) is 9.88 Å². The molecule has 2 amide bonds. The summed E-state index contributed by atoms with van der Waals surface area (Å²) in [5.74, 6) is 0.222. The fourth-order valence-corrected chi connectivity index (χ4v) is 4.43. The zero-order valence-electron chi connectivity index (χ0n) is 19.0. The van der Waals surface area contributed by atoms with Crippen molar-refractivity contribution in [2.75, 3.05) is 44.2 Å². The number of anilines is 1. The van der Waals surface area contributed by atoms with Crippen LogP contribution in [0.3, 0.4) is 0 Å². The third kappa shape index (κ3) is 5.50.